The van der Waals surface area contributed by atoms with Crippen LogP contribution in [0.4, 0.5) is 0 Å². The zero-order chi connectivity index (χ0) is 7.45. The third kappa shape index (κ3) is 1.48. The predicted molar refractivity (Wildman–Crippen MR) is 36.8 cm³/mol. The van der Waals surface area contributed by atoms with Gasteiger partial charge in [-0.1, -0.05) is 0 Å². The molecule has 1 saturated heterocycles. The Kier molecular flexibility index (Phi) is 2.65. The van der Waals surface area contributed by atoms with E-state index >= 15 is 0 Å². The third-order valence-electron chi connectivity index (χ3n) is 1.46. The zero-order valence-corrected chi connectivity index (χ0v) is 6.55. The predicted octanol–water partition coefficient (Wildman–Crippen LogP) is 0.786. The molecule has 3 heteroatoms. The molecule has 0 aromatic heterocycles. The maximum atomic E-state index is 5.36. The van der Waals surface area contributed by atoms with E-state index in [4.69, 9.17) is 14.2 Å². The Balaban J connectivity index is 2.27. The first-order valence-electron chi connectivity index (χ1n) is 3.68. The highest BCUT2D eigenvalue weighted by Gasteiger charge is 2.40. The molecule has 1 aliphatic heterocycles. The average Bonchev–Trinajstić information content (AvgIpc) is 1.84. The topological polar surface area (TPSA) is 27.7 Å². The summed E-state index contributed by atoms with van der Waals surface area (Å²) in [5.41, 5.74) is 0. The van der Waals surface area contributed by atoms with Crippen molar-refractivity contribution in [2.75, 3.05) is 26.4 Å². The standard InChI is InChI=1S/C7H14O3/c1-3-9-7(10-4-2)5-8-6-7/h3-6H2,1-2H3. The molecule has 1 rings (SSSR count). The second-order valence-electron chi connectivity index (χ2n) is 2.27. The van der Waals surface area contributed by atoms with E-state index in [1.165, 1.54) is 0 Å². The SMILES string of the molecule is CCOC1(OCC)COC1. The van der Waals surface area contributed by atoms with Gasteiger partial charge in [0.15, 0.2) is 0 Å². The quantitative estimate of drug-likeness (QED) is 0.549. The minimum atomic E-state index is -0.399. The van der Waals surface area contributed by atoms with E-state index in [1.807, 2.05) is 13.8 Å². The highest BCUT2D eigenvalue weighted by Crippen LogP contribution is 2.22. The van der Waals surface area contributed by atoms with E-state index in [2.05, 4.69) is 0 Å². The van der Waals surface area contributed by atoms with Gasteiger partial charge in [0.1, 0.15) is 13.2 Å². The summed E-state index contributed by atoms with van der Waals surface area (Å²) >= 11 is 0. The van der Waals surface area contributed by atoms with E-state index in [0.29, 0.717) is 26.4 Å². The molecule has 0 bridgehead atoms. The Labute approximate surface area is 61.3 Å². The summed E-state index contributed by atoms with van der Waals surface area (Å²) in [6.07, 6.45) is 0. The molecule has 0 saturated carbocycles. The lowest BCUT2D eigenvalue weighted by atomic mass is 10.2. The Morgan fingerprint density at radius 3 is 1.90 bits per heavy atom. The molecule has 0 spiro atoms. The van der Waals surface area contributed by atoms with Gasteiger partial charge in [0.25, 0.3) is 0 Å². The van der Waals surface area contributed by atoms with E-state index in [0.717, 1.165) is 0 Å². The molecule has 0 aromatic carbocycles. The van der Waals surface area contributed by atoms with Crippen LogP contribution in [0.3, 0.4) is 0 Å². The largest absolute Gasteiger partial charge is 0.370 e. The molecule has 0 aromatic rings. The van der Waals surface area contributed by atoms with Gasteiger partial charge >= 0.3 is 0 Å². The Hall–Kier alpha value is -0.120. The summed E-state index contributed by atoms with van der Waals surface area (Å²) in [6, 6.07) is 0. The van der Waals surface area contributed by atoms with Crippen molar-refractivity contribution in [3.8, 4) is 0 Å². The molecular weight excluding hydrogens is 132 g/mol. The monoisotopic (exact) mass is 146 g/mol. The minimum absolute atomic E-state index is 0.399. The Morgan fingerprint density at radius 2 is 1.70 bits per heavy atom. The molecule has 0 unspecified atom stereocenters. The smallest absolute Gasteiger partial charge is 0.216 e. The van der Waals surface area contributed by atoms with Crippen LogP contribution in [0.1, 0.15) is 13.8 Å². The summed E-state index contributed by atoms with van der Waals surface area (Å²) in [6.45, 7) is 6.44. The van der Waals surface area contributed by atoms with Gasteiger partial charge in [-0.15, -0.1) is 0 Å². The van der Waals surface area contributed by atoms with Gasteiger partial charge < -0.3 is 14.2 Å². The van der Waals surface area contributed by atoms with Gasteiger partial charge in [-0.05, 0) is 13.8 Å². The van der Waals surface area contributed by atoms with Gasteiger partial charge in [-0.3, -0.25) is 0 Å². The van der Waals surface area contributed by atoms with Crippen LogP contribution >= 0.6 is 0 Å². The first-order chi connectivity index (χ1) is 4.83. The third-order valence-corrected chi connectivity index (χ3v) is 1.46. The van der Waals surface area contributed by atoms with Crippen LogP contribution in [-0.2, 0) is 14.2 Å². The molecule has 1 heterocycles. The van der Waals surface area contributed by atoms with Crippen LogP contribution in [-0.4, -0.2) is 32.2 Å². The molecule has 10 heavy (non-hydrogen) atoms. The highest BCUT2D eigenvalue weighted by molar-refractivity contribution is 4.76. The first-order valence-corrected chi connectivity index (χ1v) is 3.68. The van der Waals surface area contributed by atoms with Crippen LogP contribution < -0.4 is 0 Å². The second-order valence-corrected chi connectivity index (χ2v) is 2.27. The van der Waals surface area contributed by atoms with Crippen LogP contribution in [0.2, 0.25) is 0 Å². The van der Waals surface area contributed by atoms with E-state index < -0.39 is 5.79 Å². The minimum Gasteiger partial charge on any atom is -0.370 e. The van der Waals surface area contributed by atoms with Gasteiger partial charge in [0, 0.05) is 13.2 Å². The summed E-state index contributed by atoms with van der Waals surface area (Å²) < 4.78 is 15.7. The highest BCUT2D eigenvalue weighted by atomic mass is 16.8. The Bertz CT molecular complexity index is 91.0. The first kappa shape index (κ1) is 7.98. The van der Waals surface area contributed by atoms with Crippen LogP contribution in [0.5, 0.6) is 0 Å². The van der Waals surface area contributed by atoms with Gasteiger partial charge in [-0.2, -0.15) is 0 Å². The van der Waals surface area contributed by atoms with Crippen molar-refractivity contribution < 1.29 is 14.2 Å². The molecule has 1 aliphatic rings. The van der Waals surface area contributed by atoms with Gasteiger partial charge in [0.2, 0.25) is 5.79 Å². The van der Waals surface area contributed by atoms with Crippen LogP contribution in [0, 0.1) is 0 Å². The van der Waals surface area contributed by atoms with Crippen molar-refractivity contribution in [3.63, 3.8) is 0 Å². The molecule has 0 N–H and O–H groups in total. The molecule has 1 fully saturated rings. The maximum absolute atomic E-state index is 5.36. The van der Waals surface area contributed by atoms with E-state index in [1.54, 1.807) is 0 Å². The summed E-state index contributed by atoms with van der Waals surface area (Å²) in [7, 11) is 0. The fourth-order valence-corrected chi connectivity index (χ4v) is 1.00. The van der Waals surface area contributed by atoms with E-state index in [-0.39, 0.29) is 0 Å². The lowest BCUT2D eigenvalue weighted by Crippen LogP contribution is -2.54. The number of rotatable bonds is 4. The lowest BCUT2D eigenvalue weighted by Gasteiger charge is -2.39. The molecule has 60 valence electrons. The molecular formula is C7H14O3. The molecule has 0 atom stereocenters. The molecule has 3 nitrogen and oxygen atoms in total. The summed E-state index contributed by atoms with van der Waals surface area (Å²) in [4.78, 5) is 0. The molecule has 0 amide bonds. The van der Waals surface area contributed by atoms with Crippen LogP contribution in [0.25, 0.3) is 0 Å². The average molecular weight is 146 g/mol. The summed E-state index contributed by atoms with van der Waals surface area (Å²) in [5.74, 6) is -0.399. The fraction of sp³-hybridized carbons (Fsp3) is 1.00. The number of ether oxygens (including phenoxy) is 3. The van der Waals surface area contributed by atoms with E-state index in [9.17, 15) is 0 Å². The molecule has 0 aliphatic carbocycles. The van der Waals surface area contributed by atoms with Crippen molar-refractivity contribution >= 4 is 0 Å². The Morgan fingerprint density at radius 1 is 1.20 bits per heavy atom. The zero-order valence-electron chi connectivity index (χ0n) is 6.55. The van der Waals surface area contributed by atoms with Crippen molar-refractivity contribution in [2.45, 2.75) is 19.6 Å². The lowest BCUT2D eigenvalue weighted by molar-refractivity contribution is -0.339. The fourth-order valence-electron chi connectivity index (χ4n) is 1.00. The van der Waals surface area contributed by atoms with Gasteiger partial charge in [0.05, 0.1) is 0 Å². The van der Waals surface area contributed by atoms with Crippen molar-refractivity contribution in [2.24, 2.45) is 0 Å². The van der Waals surface area contributed by atoms with Crippen molar-refractivity contribution in [3.05, 3.63) is 0 Å². The summed E-state index contributed by atoms with van der Waals surface area (Å²) in [5, 5.41) is 0. The van der Waals surface area contributed by atoms with Crippen molar-refractivity contribution in [1.82, 2.24) is 0 Å². The van der Waals surface area contributed by atoms with Crippen LogP contribution in [0.15, 0.2) is 0 Å². The van der Waals surface area contributed by atoms with Crippen molar-refractivity contribution in [1.29, 1.82) is 0 Å². The van der Waals surface area contributed by atoms with Gasteiger partial charge in [-0.25, -0.2) is 0 Å². The number of hydrogen-bond acceptors (Lipinski definition) is 3. The number of hydrogen-bond donors (Lipinski definition) is 0. The second kappa shape index (κ2) is 3.32. The molecule has 0 radical (unpaired) electrons. The normalized spacial score (nSPS) is 22.2. The maximum Gasteiger partial charge on any atom is 0.216 e.